The van der Waals surface area contributed by atoms with Crippen LogP contribution in [-0.4, -0.2) is 36.7 Å². The molecule has 1 aliphatic rings. The number of hydrogen-bond donors (Lipinski definition) is 0. The van der Waals surface area contributed by atoms with Gasteiger partial charge in [-0.25, -0.2) is 8.42 Å². The minimum Gasteiger partial charge on any atom is -0.429 e. The third-order valence-electron chi connectivity index (χ3n) is 4.60. The summed E-state index contributed by atoms with van der Waals surface area (Å²) < 4.78 is 31.7. The number of benzene rings is 1. The first-order valence-corrected chi connectivity index (χ1v) is 10.1. The third-order valence-corrected chi connectivity index (χ3v) is 6.63. The van der Waals surface area contributed by atoms with Crippen LogP contribution in [0, 0.1) is 10.8 Å². The van der Waals surface area contributed by atoms with Gasteiger partial charge in [-0.2, -0.15) is 0 Å². The van der Waals surface area contributed by atoms with Gasteiger partial charge in [-0.15, -0.1) is 0 Å². The number of rotatable bonds is 4. The fourth-order valence-corrected chi connectivity index (χ4v) is 4.09. The molecule has 23 heavy (non-hydrogen) atoms. The van der Waals surface area contributed by atoms with E-state index in [0.29, 0.717) is 22.0 Å². The SMILES string of the molecule is CCS(=O)(=O)c1ccc2oc(=S)n(CN3CCC(C)CC3)c2c1. The summed E-state index contributed by atoms with van der Waals surface area (Å²) in [6.45, 7) is 6.63. The van der Waals surface area contributed by atoms with Gasteiger partial charge in [-0.05, 0) is 49.2 Å². The molecule has 0 radical (unpaired) electrons. The standard InChI is InChI=1S/C16H22N2O3S2/c1-3-23(19,20)13-4-5-15-14(10-13)18(16(22)21-15)11-17-8-6-12(2)7-9-17/h4-5,10,12H,3,6-9,11H2,1-2H3. The molecule has 1 aromatic heterocycles. The lowest BCUT2D eigenvalue weighted by molar-refractivity contribution is 0.153. The topological polar surface area (TPSA) is 55.5 Å². The number of likely N-dealkylation sites (tertiary alicyclic amines) is 1. The summed E-state index contributed by atoms with van der Waals surface area (Å²) in [5.74, 6) is 0.850. The molecular weight excluding hydrogens is 332 g/mol. The smallest absolute Gasteiger partial charge is 0.270 e. The first-order valence-electron chi connectivity index (χ1n) is 7.99. The number of aromatic nitrogens is 1. The van der Waals surface area contributed by atoms with Crippen molar-refractivity contribution in [2.24, 2.45) is 5.92 Å². The van der Waals surface area contributed by atoms with Crippen molar-refractivity contribution in [2.75, 3.05) is 18.8 Å². The first-order chi connectivity index (χ1) is 10.9. The molecule has 1 saturated heterocycles. The van der Waals surface area contributed by atoms with E-state index in [4.69, 9.17) is 16.6 Å². The lowest BCUT2D eigenvalue weighted by atomic mass is 10.00. The zero-order valence-corrected chi connectivity index (χ0v) is 15.1. The van der Waals surface area contributed by atoms with E-state index >= 15 is 0 Å². The van der Waals surface area contributed by atoms with Crippen LogP contribution in [0.2, 0.25) is 0 Å². The highest BCUT2D eigenvalue weighted by atomic mass is 32.2. The molecule has 126 valence electrons. The zero-order valence-electron chi connectivity index (χ0n) is 13.5. The maximum Gasteiger partial charge on any atom is 0.270 e. The Labute approximate surface area is 141 Å². The van der Waals surface area contributed by atoms with Crippen LogP contribution in [0.25, 0.3) is 11.1 Å². The number of piperidine rings is 1. The van der Waals surface area contributed by atoms with E-state index in [9.17, 15) is 8.42 Å². The van der Waals surface area contributed by atoms with Crippen molar-refractivity contribution in [3.05, 3.63) is 23.0 Å². The van der Waals surface area contributed by atoms with Crippen LogP contribution >= 0.6 is 12.2 Å². The Balaban J connectivity index is 1.97. The molecule has 0 saturated carbocycles. The molecular formula is C16H22N2O3S2. The van der Waals surface area contributed by atoms with Gasteiger partial charge in [0, 0.05) is 13.1 Å². The Bertz CT molecular complexity index is 859. The van der Waals surface area contributed by atoms with Crippen LogP contribution in [0.4, 0.5) is 0 Å². The van der Waals surface area contributed by atoms with Gasteiger partial charge in [-0.3, -0.25) is 9.47 Å². The second-order valence-corrected chi connectivity index (χ2v) is 8.90. The summed E-state index contributed by atoms with van der Waals surface area (Å²) >= 11 is 5.33. The van der Waals surface area contributed by atoms with E-state index in [0.717, 1.165) is 24.5 Å². The Kier molecular flexibility index (Phi) is 4.62. The summed E-state index contributed by atoms with van der Waals surface area (Å²) in [5, 5.41) is 0. The van der Waals surface area contributed by atoms with Gasteiger partial charge in [-0.1, -0.05) is 13.8 Å². The molecule has 0 aliphatic carbocycles. The zero-order chi connectivity index (χ0) is 16.6. The molecule has 2 heterocycles. The van der Waals surface area contributed by atoms with Crippen molar-refractivity contribution in [2.45, 2.75) is 38.3 Å². The minimum atomic E-state index is -3.24. The fraction of sp³-hybridized carbons (Fsp3) is 0.562. The Morgan fingerprint density at radius 3 is 2.65 bits per heavy atom. The lowest BCUT2D eigenvalue weighted by Gasteiger charge is -2.30. The molecule has 5 nitrogen and oxygen atoms in total. The highest BCUT2D eigenvalue weighted by Crippen LogP contribution is 2.24. The third kappa shape index (κ3) is 3.36. The summed E-state index contributed by atoms with van der Waals surface area (Å²) in [4.78, 5) is 3.06. The van der Waals surface area contributed by atoms with E-state index < -0.39 is 9.84 Å². The lowest BCUT2D eigenvalue weighted by Crippen LogP contribution is -2.34. The van der Waals surface area contributed by atoms with Crippen LogP contribution in [0.15, 0.2) is 27.5 Å². The van der Waals surface area contributed by atoms with E-state index in [2.05, 4.69) is 11.8 Å². The molecule has 2 aromatic rings. The summed E-state index contributed by atoms with van der Waals surface area (Å²) in [6, 6.07) is 4.97. The van der Waals surface area contributed by atoms with Gasteiger partial charge in [0.2, 0.25) is 0 Å². The number of nitrogens with zero attached hydrogens (tertiary/aromatic N) is 2. The Hall–Kier alpha value is -1.18. The summed E-state index contributed by atoms with van der Waals surface area (Å²) in [5.41, 5.74) is 1.39. The summed E-state index contributed by atoms with van der Waals surface area (Å²) in [7, 11) is -3.24. The molecule has 0 spiro atoms. The summed E-state index contributed by atoms with van der Waals surface area (Å²) in [6.07, 6.45) is 2.36. The predicted molar refractivity (Wildman–Crippen MR) is 92.7 cm³/mol. The van der Waals surface area contributed by atoms with Gasteiger partial charge in [0.05, 0.1) is 22.8 Å². The fourth-order valence-electron chi connectivity index (χ4n) is 2.94. The molecule has 1 aliphatic heterocycles. The normalized spacial score (nSPS) is 17.8. The van der Waals surface area contributed by atoms with Gasteiger partial charge in [0.25, 0.3) is 4.84 Å². The Morgan fingerprint density at radius 1 is 1.30 bits per heavy atom. The maximum absolute atomic E-state index is 12.1. The van der Waals surface area contributed by atoms with Gasteiger partial charge >= 0.3 is 0 Å². The molecule has 1 fully saturated rings. The van der Waals surface area contributed by atoms with Crippen LogP contribution in [0.3, 0.4) is 0 Å². The average Bonchev–Trinajstić information content (AvgIpc) is 2.84. The van der Waals surface area contributed by atoms with E-state index in [1.807, 2.05) is 4.57 Å². The highest BCUT2D eigenvalue weighted by Gasteiger charge is 2.19. The maximum atomic E-state index is 12.1. The van der Waals surface area contributed by atoms with Crippen molar-refractivity contribution in [1.82, 2.24) is 9.47 Å². The number of fused-ring (bicyclic) bond motifs is 1. The van der Waals surface area contributed by atoms with E-state index in [1.165, 1.54) is 12.8 Å². The van der Waals surface area contributed by atoms with Crippen LogP contribution in [0.1, 0.15) is 26.7 Å². The van der Waals surface area contributed by atoms with Crippen molar-refractivity contribution < 1.29 is 12.8 Å². The van der Waals surface area contributed by atoms with Crippen LogP contribution in [0.5, 0.6) is 0 Å². The van der Waals surface area contributed by atoms with E-state index in [-0.39, 0.29) is 5.75 Å². The average molecular weight is 354 g/mol. The van der Waals surface area contributed by atoms with Crippen molar-refractivity contribution in [3.63, 3.8) is 0 Å². The Morgan fingerprint density at radius 2 is 2.00 bits per heavy atom. The second-order valence-electron chi connectivity index (χ2n) is 6.27. The minimum absolute atomic E-state index is 0.0844. The van der Waals surface area contributed by atoms with Gasteiger partial charge < -0.3 is 4.42 Å². The quantitative estimate of drug-likeness (QED) is 0.787. The molecule has 7 heteroatoms. The highest BCUT2D eigenvalue weighted by molar-refractivity contribution is 7.91. The molecule has 0 bridgehead atoms. The number of hydrogen-bond acceptors (Lipinski definition) is 5. The van der Waals surface area contributed by atoms with Crippen molar-refractivity contribution in [1.29, 1.82) is 0 Å². The van der Waals surface area contributed by atoms with Crippen molar-refractivity contribution >= 4 is 33.2 Å². The van der Waals surface area contributed by atoms with Crippen LogP contribution < -0.4 is 0 Å². The van der Waals surface area contributed by atoms with Gasteiger partial charge in [0.1, 0.15) is 0 Å². The molecule has 0 unspecified atom stereocenters. The molecule has 1 aromatic carbocycles. The first kappa shape index (κ1) is 16.7. The predicted octanol–water partition coefficient (Wildman–Crippen LogP) is 3.45. The van der Waals surface area contributed by atoms with Crippen LogP contribution in [-0.2, 0) is 16.5 Å². The number of oxazole rings is 1. The van der Waals surface area contributed by atoms with Crippen molar-refractivity contribution in [3.8, 4) is 0 Å². The molecule has 0 amide bonds. The van der Waals surface area contributed by atoms with E-state index in [1.54, 1.807) is 25.1 Å². The van der Waals surface area contributed by atoms with Gasteiger partial charge in [0.15, 0.2) is 15.4 Å². The molecule has 3 rings (SSSR count). The second kappa shape index (κ2) is 6.37. The molecule has 0 atom stereocenters. The molecule has 0 N–H and O–H groups in total. The largest absolute Gasteiger partial charge is 0.429 e. The monoisotopic (exact) mass is 354 g/mol. The number of sulfone groups is 1.